The lowest BCUT2D eigenvalue weighted by molar-refractivity contribution is -0.130. The fourth-order valence-electron chi connectivity index (χ4n) is 2.47. The van der Waals surface area contributed by atoms with Crippen LogP contribution in [0.15, 0.2) is 18.2 Å². The Balaban J connectivity index is 1.98. The van der Waals surface area contributed by atoms with Crippen LogP contribution in [0.1, 0.15) is 18.4 Å². The van der Waals surface area contributed by atoms with Crippen LogP contribution >= 0.6 is 30.8 Å². The molecule has 2 rings (SSSR count). The molecule has 1 aliphatic rings. The van der Waals surface area contributed by atoms with E-state index in [2.05, 4.69) is 5.32 Å². The minimum atomic E-state index is -4.91. The van der Waals surface area contributed by atoms with Gasteiger partial charge in [0.1, 0.15) is 12.6 Å². The van der Waals surface area contributed by atoms with Gasteiger partial charge in [-0.2, -0.15) is 8.42 Å². The normalized spacial score (nSPS) is 19.8. The number of rotatable bonds is 6. The van der Waals surface area contributed by atoms with Gasteiger partial charge in [-0.15, -0.1) is 4.49 Å². The predicted molar refractivity (Wildman–Crippen MR) is 101 cm³/mol. The van der Waals surface area contributed by atoms with Gasteiger partial charge in [0.2, 0.25) is 0 Å². The first-order valence-electron chi connectivity index (χ1n) is 7.73. The van der Waals surface area contributed by atoms with Crippen molar-refractivity contribution in [2.75, 3.05) is 6.54 Å². The molecule has 15 heteroatoms. The predicted octanol–water partition coefficient (Wildman–Crippen LogP) is 1.67. The lowest BCUT2D eigenvalue weighted by atomic mass is 10.1. The van der Waals surface area contributed by atoms with Crippen molar-refractivity contribution in [2.45, 2.75) is 25.5 Å². The highest BCUT2D eigenvalue weighted by Crippen LogP contribution is 2.40. The maximum atomic E-state index is 12.4. The van der Waals surface area contributed by atoms with Crippen molar-refractivity contribution in [3.05, 3.63) is 33.8 Å². The van der Waals surface area contributed by atoms with Crippen molar-refractivity contribution < 1.29 is 31.9 Å². The average Bonchev–Trinajstić information content (AvgIpc) is 2.53. The summed E-state index contributed by atoms with van der Waals surface area (Å²) in [4.78, 5) is 24.4. The van der Waals surface area contributed by atoms with Gasteiger partial charge in [-0.1, -0.05) is 29.3 Å². The topological polar surface area (TPSA) is 168 Å². The van der Waals surface area contributed by atoms with Crippen molar-refractivity contribution in [3.8, 4) is 0 Å². The van der Waals surface area contributed by atoms with Crippen molar-refractivity contribution >= 4 is 53.1 Å². The van der Waals surface area contributed by atoms with E-state index < -0.39 is 35.9 Å². The summed E-state index contributed by atoms with van der Waals surface area (Å²) in [5, 5.41) is 3.00. The second-order valence-corrected chi connectivity index (χ2v) is 10.1. The van der Waals surface area contributed by atoms with Gasteiger partial charge < -0.3 is 10.1 Å². The second-order valence-electron chi connectivity index (χ2n) is 5.80. The number of carbonyl (C=O) groups is 2. The van der Waals surface area contributed by atoms with Crippen LogP contribution in [0.5, 0.6) is 0 Å². The van der Waals surface area contributed by atoms with Crippen LogP contribution in [0.4, 0.5) is 4.79 Å². The molecular weight excluding hydrogens is 458 g/mol. The molecule has 156 valence electrons. The summed E-state index contributed by atoms with van der Waals surface area (Å²) < 4.78 is 49.7. The molecular formula is C13H17Cl2N4O7PS. The number of hydrogen-bond donors (Lipinski definition) is 4. The number of benzene rings is 1. The smallest absolute Gasteiger partial charge is 0.408 e. The summed E-state index contributed by atoms with van der Waals surface area (Å²) in [6.45, 7) is -0.311. The molecule has 0 aliphatic carbocycles. The van der Waals surface area contributed by atoms with Gasteiger partial charge in [-0.25, -0.2) is 4.79 Å². The zero-order valence-corrected chi connectivity index (χ0v) is 17.4. The van der Waals surface area contributed by atoms with E-state index >= 15 is 0 Å². The van der Waals surface area contributed by atoms with E-state index in [0.717, 1.165) is 0 Å². The Labute approximate surface area is 170 Å². The van der Waals surface area contributed by atoms with E-state index in [4.69, 9.17) is 38.0 Å². The summed E-state index contributed by atoms with van der Waals surface area (Å²) >= 11 is 11.7. The number of nitrogens with one attached hydrogen (secondary N) is 2. The molecule has 2 atom stereocenters. The van der Waals surface area contributed by atoms with Gasteiger partial charge in [-0.05, 0) is 25.0 Å². The van der Waals surface area contributed by atoms with Gasteiger partial charge in [0.05, 0.1) is 0 Å². The minimum absolute atomic E-state index is 0.122. The number of nitrogens with zero attached hydrogens (tertiary/aromatic N) is 1. The highest BCUT2D eigenvalue weighted by atomic mass is 35.5. The van der Waals surface area contributed by atoms with Gasteiger partial charge >= 0.3 is 24.0 Å². The molecule has 0 aromatic heterocycles. The van der Waals surface area contributed by atoms with Crippen molar-refractivity contribution in [2.24, 2.45) is 5.50 Å². The maximum Gasteiger partial charge on any atom is 0.408 e. The van der Waals surface area contributed by atoms with Crippen LogP contribution in [0.25, 0.3) is 0 Å². The van der Waals surface area contributed by atoms with Gasteiger partial charge in [0.25, 0.3) is 5.91 Å². The largest absolute Gasteiger partial charge is 0.445 e. The summed E-state index contributed by atoms with van der Waals surface area (Å²) in [5.41, 5.74) is 5.85. The summed E-state index contributed by atoms with van der Waals surface area (Å²) in [5.74, 6) is -0.880. The molecule has 2 amide bonds. The Bertz CT molecular complexity index is 929. The minimum Gasteiger partial charge on any atom is -0.445 e. The zero-order chi connectivity index (χ0) is 21.1. The summed E-state index contributed by atoms with van der Waals surface area (Å²) in [6, 6.07) is 3.47. The van der Waals surface area contributed by atoms with Crippen LogP contribution in [-0.2, 0) is 31.0 Å². The first-order chi connectivity index (χ1) is 12.9. The van der Waals surface area contributed by atoms with Gasteiger partial charge in [-0.3, -0.25) is 24.1 Å². The fourth-order valence-corrected chi connectivity index (χ4v) is 5.52. The molecule has 0 unspecified atom stereocenters. The Morgan fingerprint density at radius 2 is 2.11 bits per heavy atom. The SMILES string of the molecule is N[P@](=O)(NS(=O)(=O)O)N1CCC[C@H](NC(=O)OCc2ccc(Cl)cc2Cl)C1=O. The first kappa shape index (κ1) is 22.9. The van der Waals surface area contributed by atoms with Crippen molar-refractivity contribution in [1.82, 2.24) is 14.5 Å². The molecule has 1 aliphatic heterocycles. The molecule has 1 aromatic rings. The van der Waals surface area contributed by atoms with Crippen molar-refractivity contribution in [1.29, 1.82) is 0 Å². The van der Waals surface area contributed by atoms with Gasteiger partial charge in [0.15, 0.2) is 0 Å². The maximum absolute atomic E-state index is 12.4. The molecule has 28 heavy (non-hydrogen) atoms. The lowest BCUT2D eigenvalue weighted by Gasteiger charge is -2.35. The van der Waals surface area contributed by atoms with Gasteiger partial charge in [0, 0.05) is 22.2 Å². The first-order valence-corrected chi connectivity index (χ1v) is 11.7. The molecule has 1 fully saturated rings. The van der Waals surface area contributed by atoms with Crippen LogP contribution in [-0.4, -0.2) is 42.2 Å². The van der Waals surface area contributed by atoms with E-state index in [-0.39, 0.29) is 26.0 Å². The monoisotopic (exact) mass is 474 g/mol. The second kappa shape index (κ2) is 8.95. The number of ether oxygens (including phenoxy) is 1. The number of nitrogens with two attached hydrogens (primary N) is 1. The number of carbonyl (C=O) groups excluding carboxylic acids is 2. The molecule has 5 N–H and O–H groups in total. The number of amides is 2. The Kier molecular flexibility index (Phi) is 7.32. The molecule has 11 nitrogen and oxygen atoms in total. The number of hydrogen-bond acceptors (Lipinski definition) is 6. The third-order valence-corrected chi connectivity index (χ3v) is 7.36. The Morgan fingerprint density at radius 3 is 2.71 bits per heavy atom. The van der Waals surface area contributed by atoms with E-state index in [1.807, 2.05) is 0 Å². The average molecular weight is 475 g/mol. The molecule has 1 heterocycles. The summed E-state index contributed by atoms with van der Waals surface area (Å²) in [6.07, 6.45) is -0.479. The van der Waals surface area contributed by atoms with Crippen LogP contribution in [0.2, 0.25) is 10.0 Å². The molecule has 1 aromatic carbocycles. The zero-order valence-electron chi connectivity index (χ0n) is 14.2. The van der Waals surface area contributed by atoms with Crippen LogP contribution < -0.4 is 15.3 Å². The standard InChI is InChI=1S/C13H17Cl2N4O7PS/c14-9-4-3-8(10(15)6-9)7-26-13(21)17-11-2-1-5-19(12(11)20)27(16,22)18-28(23,24)25/h3-4,6,11H,1-2,5,7H2,(H,17,21)(H3,16,18,22)(H,23,24,25)/t11-,27-/m0/s1. The van der Waals surface area contributed by atoms with E-state index in [1.54, 1.807) is 12.1 Å². The number of halogens is 2. The Hall–Kier alpha value is -1.40. The highest BCUT2D eigenvalue weighted by Gasteiger charge is 2.40. The van der Waals surface area contributed by atoms with Crippen LogP contribution in [0, 0.1) is 0 Å². The third-order valence-electron chi connectivity index (χ3n) is 3.69. The molecule has 0 spiro atoms. The fraction of sp³-hybridized carbons (Fsp3) is 0.385. The molecule has 0 saturated carbocycles. The van der Waals surface area contributed by atoms with Crippen molar-refractivity contribution in [3.63, 3.8) is 0 Å². The summed E-state index contributed by atoms with van der Waals surface area (Å²) in [7, 11) is -9.33. The molecule has 0 radical (unpaired) electrons. The van der Waals surface area contributed by atoms with E-state index in [9.17, 15) is 22.6 Å². The van der Waals surface area contributed by atoms with E-state index in [0.29, 0.717) is 20.3 Å². The Morgan fingerprint density at radius 1 is 1.43 bits per heavy atom. The third kappa shape index (κ3) is 6.31. The molecule has 0 bridgehead atoms. The number of piperidine rings is 1. The van der Waals surface area contributed by atoms with E-state index in [1.165, 1.54) is 10.6 Å². The number of alkyl carbamates (subject to hydrolysis) is 1. The van der Waals surface area contributed by atoms with Crippen LogP contribution in [0.3, 0.4) is 0 Å². The quantitative estimate of drug-likeness (QED) is 0.356. The lowest BCUT2D eigenvalue weighted by Crippen LogP contribution is -2.53. The molecule has 1 saturated heterocycles. The highest BCUT2D eigenvalue weighted by molar-refractivity contribution is 7.90.